The zero-order valence-corrected chi connectivity index (χ0v) is 11.5. The van der Waals surface area contributed by atoms with Crippen LogP contribution in [0, 0.1) is 5.41 Å². The Morgan fingerprint density at radius 2 is 2.12 bits per heavy atom. The van der Waals surface area contributed by atoms with Gasteiger partial charge in [-0.05, 0) is 31.2 Å². The van der Waals surface area contributed by atoms with E-state index in [9.17, 15) is 4.79 Å². The molecule has 1 unspecified atom stereocenters. The summed E-state index contributed by atoms with van der Waals surface area (Å²) in [4.78, 5) is 11.6. The number of hydrogen-bond donors (Lipinski definition) is 2. The normalized spacial score (nSPS) is 21.1. The van der Waals surface area contributed by atoms with Crippen LogP contribution in [0.5, 0.6) is 0 Å². The molecule has 1 atom stereocenters. The van der Waals surface area contributed by atoms with Crippen molar-refractivity contribution in [3.63, 3.8) is 0 Å². The van der Waals surface area contributed by atoms with Crippen LogP contribution in [0.15, 0.2) is 0 Å². The zero-order valence-electron chi connectivity index (χ0n) is 10.6. The molecule has 1 aliphatic heterocycles. The van der Waals surface area contributed by atoms with Gasteiger partial charge in [0.2, 0.25) is 5.91 Å². The lowest BCUT2D eigenvalue weighted by Gasteiger charge is -2.24. The van der Waals surface area contributed by atoms with Crippen LogP contribution in [-0.4, -0.2) is 25.0 Å². The largest absolute Gasteiger partial charge is 0.352 e. The first-order valence-electron chi connectivity index (χ1n) is 5.97. The topological polar surface area (TPSA) is 41.1 Å². The highest BCUT2D eigenvalue weighted by Crippen LogP contribution is 2.20. The molecule has 0 spiro atoms. The van der Waals surface area contributed by atoms with Crippen molar-refractivity contribution in [1.82, 2.24) is 10.6 Å². The summed E-state index contributed by atoms with van der Waals surface area (Å²) in [7, 11) is 0. The number of amides is 1. The van der Waals surface area contributed by atoms with Gasteiger partial charge in [-0.3, -0.25) is 4.79 Å². The quantitative estimate of drug-likeness (QED) is 0.803. The van der Waals surface area contributed by atoms with Crippen LogP contribution >= 0.6 is 12.4 Å². The number of nitrogens with one attached hydrogen (secondary N) is 2. The molecule has 0 aromatic heterocycles. The van der Waals surface area contributed by atoms with E-state index in [1.54, 1.807) is 0 Å². The standard InChI is InChI=1S/C12H24N2O.ClH/c1-12(2,3)7-6-11(15)14-10-5-4-8-13-9-10;/h10,13H,4-9H2,1-3H3,(H,14,15);1H. The van der Waals surface area contributed by atoms with E-state index in [0.29, 0.717) is 12.5 Å². The van der Waals surface area contributed by atoms with E-state index < -0.39 is 0 Å². The molecule has 0 aromatic carbocycles. The molecule has 0 aliphatic carbocycles. The molecule has 0 aromatic rings. The van der Waals surface area contributed by atoms with Crippen molar-refractivity contribution in [2.45, 2.75) is 52.5 Å². The van der Waals surface area contributed by atoms with Crippen molar-refractivity contribution in [2.24, 2.45) is 5.41 Å². The molecule has 16 heavy (non-hydrogen) atoms. The Balaban J connectivity index is 0.00000225. The molecule has 0 bridgehead atoms. The van der Waals surface area contributed by atoms with Gasteiger partial charge in [0.15, 0.2) is 0 Å². The fourth-order valence-corrected chi connectivity index (χ4v) is 1.76. The molecule has 1 aliphatic rings. The van der Waals surface area contributed by atoms with Crippen molar-refractivity contribution in [2.75, 3.05) is 13.1 Å². The Morgan fingerprint density at radius 3 is 2.62 bits per heavy atom. The number of carbonyl (C=O) groups is 1. The summed E-state index contributed by atoms with van der Waals surface area (Å²) < 4.78 is 0. The van der Waals surface area contributed by atoms with Crippen LogP contribution in [0.1, 0.15) is 46.5 Å². The van der Waals surface area contributed by atoms with Crippen molar-refractivity contribution >= 4 is 18.3 Å². The summed E-state index contributed by atoms with van der Waals surface area (Å²) in [6, 6.07) is 0.353. The average molecular weight is 249 g/mol. The zero-order chi connectivity index (χ0) is 11.3. The monoisotopic (exact) mass is 248 g/mol. The highest BCUT2D eigenvalue weighted by molar-refractivity contribution is 5.85. The van der Waals surface area contributed by atoms with E-state index in [1.807, 2.05) is 0 Å². The molecule has 4 heteroatoms. The summed E-state index contributed by atoms with van der Waals surface area (Å²) in [5.74, 6) is 0.207. The number of halogens is 1. The number of carbonyl (C=O) groups excluding carboxylic acids is 1. The molecule has 2 N–H and O–H groups in total. The van der Waals surface area contributed by atoms with E-state index >= 15 is 0 Å². The third kappa shape index (κ3) is 7.07. The molecular weight excluding hydrogens is 224 g/mol. The van der Waals surface area contributed by atoms with Gasteiger partial charge in [-0.1, -0.05) is 20.8 Å². The second-order valence-corrected chi connectivity index (χ2v) is 5.67. The van der Waals surface area contributed by atoms with Crippen LogP contribution in [0.4, 0.5) is 0 Å². The van der Waals surface area contributed by atoms with Crippen LogP contribution in [-0.2, 0) is 4.79 Å². The Morgan fingerprint density at radius 1 is 1.44 bits per heavy atom. The Kier molecular flexibility index (Phi) is 7.00. The molecule has 0 radical (unpaired) electrons. The minimum absolute atomic E-state index is 0. The van der Waals surface area contributed by atoms with Crippen LogP contribution in [0.3, 0.4) is 0 Å². The molecule has 1 amide bonds. The van der Waals surface area contributed by atoms with Crippen molar-refractivity contribution in [1.29, 1.82) is 0 Å². The molecule has 1 fully saturated rings. The van der Waals surface area contributed by atoms with Gasteiger partial charge in [0, 0.05) is 19.0 Å². The molecule has 0 saturated carbocycles. The average Bonchev–Trinajstić information content (AvgIpc) is 2.15. The maximum atomic E-state index is 11.6. The highest BCUT2D eigenvalue weighted by atomic mass is 35.5. The van der Waals surface area contributed by atoms with E-state index in [0.717, 1.165) is 25.9 Å². The Bertz CT molecular complexity index is 208. The number of piperidine rings is 1. The molecule has 1 heterocycles. The minimum Gasteiger partial charge on any atom is -0.352 e. The lowest BCUT2D eigenvalue weighted by atomic mass is 9.90. The lowest BCUT2D eigenvalue weighted by molar-refractivity contribution is -0.122. The first-order valence-corrected chi connectivity index (χ1v) is 5.97. The summed E-state index contributed by atoms with van der Waals surface area (Å²) in [5.41, 5.74) is 0.252. The summed E-state index contributed by atoms with van der Waals surface area (Å²) in [6.45, 7) is 8.53. The van der Waals surface area contributed by atoms with Gasteiger partial charge in [0.25, 0.3) is 0 Å². The fourth-order valence-electron chi connectivity index (χ4n) is 1.76. The number of rotatable bonds is 3. The van der Waals surface area contributed by atoms with Crippen molar-refractivity contribution in [3.8, 4) is 0 Å². The molecule has 1 rings (SSSR count). The summed E-state index contributed by atoms with van der Waals surface area (Å²) in [5, 5.41) is 6.39. The first kappa shape index (κ1) is 15.7. The molecular formula is C12H25ClN2O. The Labute approximate surface area is 105 Å². The third-order valence-corrected chi connectivity index (χ3v) is 2.76. The number of hydrogen-bond acceptors (Lipinski definition) is 2. The lowest BCUT2D eigenvalue weighted by Crippen LogP contribution is -2.45. The predicted octanol–water partition coefficient (Wildman–Crippen LogP) is 2.10. The van der Waals surface area contributed by atoms with E-state index in [2.05, 4.69) is 31.4 Å². The maximum absolute atomic E-state index is 11.6. The smallest absolute Gasteiger partial charge is 0.220 e. The van der Waals surface area contributed by atoms with Crippen LogP contribution in [0.2, 0.25) is 0 Å². The fraction of sp³-hybridized carbons (Fsp3) is 0.917. The summed E-state index contributed by atoms with van der Waals surface area (Å²) >= 11 is 0. The second kappa shape index (κ2) is 7.13. The van der Waals surface area contributed by atoms with Gasteiger partial charge >= 0.3 is 0 Å². The Hall–Kier alpha value is -0.280. The second-order valence-electron chi connectivity index (χ2n) is 5.67. The van der Waals surface area contributed by atoms with Gasteiger partial charge in [-0.25, -0.2) is 0 Å². The third-order valence-electron chi connectivity index (χ3n) is 2.76. The van der Waals surface area contributed by atoms with Crippen LogP contribution in [0.25, 0.3) is 0 Å². The molecule has 1 saturated heterocycles. The van der Waals surface area contributed by atoms with Crippen molar-refractivity contribution in [3.05, 3.63) is 0 Å². The van der Waals surface area contributed by atoms with E-state index in [1.165, 1.54) is 6.42 Å². The van der Waals surface area contributed by atoms with Crippen LogP contribution < -0.4 is 10.6 Å². The molecule has 3 nitrogen and oxygen atoms in total. The van der Waals surface area contributed by atoms with E-state index in [4.69, 9.17) is 0 Å². The first-order chi connectivity index (χ1) is 6.97. The van der Waals surface area contributed by atoms with Crippen molar-refractivity contribution < 1.29 is 4.79 Å². The van der Waals surface area contributed by atoms with E-state index in [-0.39, 0.29) is 23.7 Å². The van der Waals surface area contributed by atoms with Gasteiger partial charge < -0.3 is 10.6 Å². The molecule has 96 valence electrons. The predicted molar refractivity (Wildman–Crippen MR) is 70.0 cm³/mol. The van der Waals surface area contributed by atoms with Gasteiger partial charge in [0.1, 0.15) is 0 Å². The summed E-state index contributed by atoms with van der Waals surface area (Å²) in [6.07, 6.45) is 3.90. The highest BCUT2D eigenvalue weighted by Gasteiger charge is 2.17. The van der Waals surface area contributed by atoms with Gasteiger partial charge in [0.05, 0.1) is 0 Å². The SMILES string of the molecule is CC(C)(C)CCC(=O)NC1CCCNC1.Cl. The van der Waals surface area contributed by atoms with Gasteiger partial charge in [-0.15, -0.1) is 12.4 Å². The minimum atomic E-state index is 0. The van der Waals surface area contributed by atoms with Gasteiger partial charge in [-0.2, -0.15) is 0 Å². The maximum Gasteiger partial charge on any atom is 0.220 e.